The van der Waals surface area contributed by atoms with Crippen molar-refractivity contribution >= 4 is 34.1 Å². The van der Waals surface area contributed by atoms with Gasteiger partial charge in [-0.05, 0) is 35.9 Å². The topological polar surface area (TPSA) is 50.7 Å². The molecule has 0 spiro atoms. The molecule has 0 aliphatic rings. The average molecular weight is 257 g/mol. The van der Waals surface area contributed by atoms with Crippen molar-refractivity contribution in [2.75, 3.05) is 5.32 Å². The molecule has 2 aromatic heterocycles. The van der Waals surface area contributed by atoms with Crippen molar-refractivity contribution in [1.29, 1.82) is 0 Å². The second kappa shape index (κ2) is 4.58. The van der Waals surface area contributed by atoms with Crippen molar-refractivity contribution < 1.29 is 0 Å². The number of nitrogens with one attached hydrogen (secondary N) is 1. The lowest BCUT2D eigenvalue weighted by Crippen LogP contribution is -1.98. The predicted molar refractivity (Wildman–Crippen MR) is 72.1 cm³/mol. The van der Waals surface area contributed by atoms with Crippen LogP contribution in [0.5, 0.6) is 0 Å². The molecule has 88 valence electrons. The highest BCUT2D eigenvalue weighted by Gasteiger charge is 2.07. The molecule has 4 nitrogen and oxygen atoms in total. The lowest BCUT2D eigenvalue weighted by atomic mass is 10.3. The van der Waals surface area contributed by atoms with Crippen LogP contribution in [0.2, 0.25) is 5.28 Å². The molecular formula is C13H9ClN4. The molecule has 0 atom stereocenters. The minimum absolute atomic E-state index is 0.203. The van der Waals surface area contributed by atoms with Crippen LogP contribution in [0, 0.1) is 0 Å². The summed E-state index contributed by atoms with van der Waals surface area (Å²) in [5.74, 6) is 0.608. The summed E-state index contributed by atoms with van der Waals surface area (Å²) >= 11 is 5.90. The minimum Gasteiger partial charge on any atom is -0.338 e. The molecule has 0 saturated heterocycles. The van der Waals surface area contributed by atoms with Crippen LogP contribution >= 0.6 is 11.6 Å². The van der Waals surface area contributed by atoms with Gasteiger partial charge in [0.05, 0.1) is 5.52 Å². The summed E-state index contributed by atoms with van der Waals surface area (Å²) in [6.45, 7) is 0. The van der Waals surface area contributed by atoms with Gasteiger partial charge < -0.3 is 5.32 Å². The Morgan fingerprint density at radius 3 is 2.61 bits per heavy atom. The van der Waals surface area contributed by atoms with E-state index in [1.165, 1.54) is 0 Å². The second-order valence-electron chi connectivity index (χ2n) is 3.70. The molecule has 1 N–H and O–H groups in total. The molecule has 1 aromatic carbocycles. The lowest BCUT2D eigenvalue weighted by molar-refractivity contribution is 1.19. The van der Waals surface area contributed by atoms with E-state index in [0.29, 0.717) is 11.3 Å². The van der Waals surface area contributed by atoms with E-state index in [4.69, 9.17) is 11.6 Å². The van der Waals surface area contributed by atoms with Crippen LogP contribution in [0.1, 0.15) is 0 Å². The van der Waals surface area contributed by atoms with Gasteiger partial charge in [-0.1, -0.05) is 18.2 Å². The van der Waals surface area contributed by atoms with Crippen LogP contribution in [0.25, 0.3) is 11.0 Å². The van der Waals surface area contributed by atoms with Gasteiger partial charge in [0.2, 0.25) is 5.28 Å². The van der Waals surface area contributed by atoms with Gasteiger partial charge in [-0.3, -0.25) is 4.98 Å². The van der Waals surface area contributed by atoms with Crippen molar-refractivity contribution in [2.45, 2.75) is 0 Å². The van der Waals surface area contributed by atoms with Gasteiger partial charge in [0, 0.05) is 11.9 Å². The maximum absolute atomic E-state index is 5.90. The largest absolute Gasteiger partial charge is 0.338 e. The quantitative estimate of drug-likeness (QED) is 0.714. The first-order valence-corrected chi connectivity index (χ1v) is 5.81. The van der Waals surface area contributed by atoms with Crippen LogP contribution < -0.4 is 5.32 Å². The van der Waals surface area contributed by atoms with Gasteiger partial charge in [0.15, 0.2) is 5.82 Å². The zero-order chi connectivity index (χ0) is 12.4. The normalized spacial score (nSPS) is 10.5. The van der Waals surface area contributed by atoms with Gasteiger partial charge >= 0.3 is 0 Å². The standard InChI is InChI=1S/C13H9ClN4/c14-13-17-10-7-4-8-15-11(10)12(18-13)16-9-5-2-1-3-6-9/h1-8H,(H,16,17,18). The Labute approximate surface area is 109 Å². The number of hydrogen-bond donors (Lipinski definition) is 1. The van der Waals surface area contributed by atoms with E-state index in [0.717, 1.165) is 11.2 Å². The number of aromatic nitrogens is 3. The Hall–Kier alpha value is -2.20. The summed E-state index contributed by atoms with van der Waals surface area (Å²) in [7, 11) is 0. The number of anilines is 2. The van der Waals surface area contributed by atoms with E-state index >= 15 is 0 Å². The molecule has 0 saturated carbocycles. The van der Waals surface area contributed by atoms with Gasteiger partial charge in [-0.2, -0.15) is 4.98 Å². The molecule has 0 unspecified atom stereocenters. The van der Waals surface area contributed by atoms with Gasteiger partial charge in [-0.15, -0.1) is 0 Å². The van der Waals surface area contributed by atoms with E-state index in [-0.39, 0.29) is 5.28 Å². The van der Waals surface area contributed by atoms with E-state index in [2.05, 4.69) is 20.3 Å². The molecule has 0 bridgehead atoms. The van der Waals surface area contributed by atoms with E-state index in [9.17, 15) is 0 Å². The fraction of sp³-hybridized carbons (Fsp3) is 0. The molecule has 0 aliphatic carbocycles. The Balaban J connectivity index is 2.11. The zero-order valence-electron chi connectivity index (χ0n) is 9.34. The van der Waals surface area contributed by atoms with E-state index < -0.39 is 0 Å². The molecule has 18 heavy (non-hydrogen) atoms. The Morgan fingerprint density at radius 2 is 1.78 bits per heavy atom. The molecule has 0 radical (unpaired) electrons. The average Bonchev–Trinajstić information content (AvgIpc) is 2.40. The van der Waals surface area contributed by atoms with E-state index in [1.807, 2.05) is 42.5 Å². The maximum Gasteiger partial charge on any atom is 0.225 e. The van der Waals surface area contributed by atoms with Crippen LogP contribution in [-0.2, 0) is 0 Å². The van der Waals surface area contributed by atoms with Crippen molar-refractivity contribution in [2.24, 2.45) is 0 Å². The van der Waals surface area contributed by atoms with Crippen molar-refractivity contribution in [3.8, 4) is 0 Å². The number of pyridine rings is 1. The molecule has 0 amide bonds. The summed E-state index contributed by atoms with van der Waals surface area (Å²) in [5, 5.41) is 3.39. The summed E-state index contributed by atoms with van der Waals surface area (Å²) in [6.07, 6.45) is 1.70. The Morgan fingerprint density at radius 1 is 0.944 bits per heavy atom. The van der Waals surface area contributed by atoms with E-state index in [1.54, 1.807) is 6.20 Å². The third kappa shape index (κ3) is 2.10. The first-order chi connectivity index (χ1) is 8.83. The Kier molecular flexibility index (Phi) is 2.78. The molecule has 0 aliphatic heterocycles. The molecule has 5 heteroatoms. The fourth-order valence-corrected chi connectivity index (χ4v) is 1.86. The minimum atomic E-state index is 0.203. The number of halogens is 1. The first kappa shape index (κ1) is 10.9. The maximum atomic E-state index is 5.90. The number of benzene rings is 1. The fourth-order valence-electron chi connectivity index (χ4n) is 1.68. The number of fused-ring (bicyclic) bond motifs is 1. The summed E-state index contributed by atoms with van der Waals surface area (Å²) in [5.41, 5.74) is 2.35. The van der Waals surface area contributed by atoms with Crippen LogP contribution in [0.3, 0.4) is 0 Å². The van der Waals surface area contributed by atoms with Gasteiger partial charge in [-0.25, -0.2) is 4.98 Å². The molecule has 0 fully saturated rings. The van der Waals surface area contributed by atoms with Crippen molar-refractivity contribution in [3.63, 3.8) is 0 Å². The van der Waals surface area contributed by atoms with Crippen molar-refractivity contribution in [3.05, 3.63) is 53.9 Å². The van der Waals surface area contributed by atoms with Gasteiger partial charge in [0.25, 0.3) is 0 Å². The van der Waals surface area contributed by atoms with Crippen LogP contribution in [0.4, 0.5) is 11.5 Å². The smallest absolute Gasteiger partial charge is 0.225 e. The number of para-hydroxylation sites is 1. The zero-order valence-corrected chi connectivity index (χ0v) is 10.1. The second-order valence-corrected chi connectivity index (χ2v) is 4.04. The highest BCUT2D eigenvalue weighted by atomic mass is 35.5. The third-order valence-corrected chi connectivity index (χ3v) is 2.63. The number of hydrogen-bond acceptors (Lipinski definition) is 4. The summed E-state index contributed by atoms with van der Waals surface area (Å²) in [4.78, 5) is 12.6. The molecule has 3 rings (SSSR count). The SMILES string of the molecule is Clc1nc(Nc2ccccc2)c2ncccc2n1. The van der Waals surface area contributed by atoms with Crippen LogP contribution in [-0.4, -0.2) is 15.0 Å². The number of nitrogens with zero attached hydrogens (tertiary/aromatic N) is 3. The number of rotatable bonds is 2. The first-order valence-electron chi connectivity index (χ1n) is 5.43. The summed E-state index contributed by atoms with van der Waals surface area (Å²) in [6, 6.07) is 13.4. The lowest BCUT2D eigenvalue weighted by Gasteiger charge is -2.07. The van der Waals surface area contributed by atoms with Crippen molar-refractivity contribution in [1.82, 2.24) is 15.0 Å². The van der Waals surface area contributed by atoms with Crippen LogP contribution in [0.15, 0.2) is 48.7 Å². The highest BCUT2D eigenvalue weighted by molar-refractivity contribution is 6.28. The monoisotopic (exact) mass is 256 g/mol. The third-order valence-electron chi connectivity index (χ3n) is 2.46. The van der Waals surface area contributed by atoms with Gasteiger partial charge in [0.1, 0.15) is 5.52 Å². The summed E-state index contributed by atoms with van der Waals surface area (Å²) < 4.78 is 0. The predicted octanol–water partition coefficient (Wildman–Crippen LogP) is 3.42. The molecular weight excluding hydrogens is 248 g/mol. The highest BCUT2D eigenvalue weighted by Crippen LogP contribution is 2.22. The Bertz CT molecular complexity index is 685. The molecule has 2 heterocycles. The molecule has 3 aromatic rings.